The Morgan fingerprint density at radius 1 is 1.44 bits per heavy atom. The van der Waals surface area contributed by atoms with Gasteiger partial charge in [-0.25, -0.2) is 4.39 Å². The van der Waals surface area contributed by atoms with Crippen LogP contribution in [0.4, 0.5) is 4.39 Å². The zero-order valence-corrected chi connectivity index (χ0v) is 9.45. The highest BCUT2D eigenvalue weighted by molar-refractivity contribution is 5.79. The second kappa shape index (κ2) is 4.74. The van der Waals surface area contributed by atoms with Crippen LogP contribution in [0.1, 0.15) is 25.3 Å². The van der Waals surface area contributed by atoms with Crippen molar-refractivity contribution in [2.75, 3.05) is 6.54 Å². The molecule has 0 bridgehead atoms. The van der Waals surface area contributed by atoms with Gasteiger partial charge < -0.3 is 0 Å². The Hall–Kier alpha value is -1.22. The molecule has 0 saturated carbocycles. The highest BCUT2D eigenvalue weighted by Crippen LogP contribution is 2.18. The number of ketones is 1. The molecule has 86 valence electrons. The molecule has 0 spiro atoms. The van der Waals surface area contributed by atoms with Crippen LogP contribution in [0.2, 0.25) is 0 Å². The number of piperidine rings is 1. The molecule has 1 fully saturated rings. The zero-order chi connectivity index (χ0) is 11.5. The molecule has 1 aromatic rings. The first kappa shape index (κ1) is 11.3. The smallest absolute Gasteiger partial charge is 0.135 e. The molecule has 1 aromatic carbocycles. The van der Waals surface area contributed by atoms with E-state index < -0.39 is 0 Å². The van der Waals surface area contributed by atoms with Gasteiger partial charge in [0.1, 0.15) is 11.6 Å². The van der Waals surface area contributed by atoms with Crippen molar-refractivity contribution >= 4 is 5.78 Å². The van der Waals surface area contributed by atoms with E-state index >= 15 is 0 Å². The average molecular weight is 221 g/mol. The number of carbonyl (C=O) groups is 1. The minimum absolute atomic E-state index is 0.161. The molecule has 0 N–H and O–H groups in total. The van der Waals surface area contributed by atoms with Crippen LogP contribution < -0.4 is 0 Å². The molecule has 2 nitrogen and oxygen atoms in total. The van der Waals surface area contributed by atoms with Crippen molar-refractivity contribution in [2.24, 2.45) is 0 Å². The van der Waals surface area contributed by atoms with Crippen molar-refractivity contribution in [3.63, 3.8) is 0 Å². The molecule has 1 heterocycles. The highest BCUT2D eigenvalue weighted by atomic mass is 19.1. The lowest BCUT2D eigenvalue weighted by Gasteiger charge is -2.32. The minimum Gasteiger partial charge on any atom is -0.300 e. The third-order valence-electron chi connectivity index (χ3n) is 3.16. The number of Topliss-reactive ketones (excluding diaryl/α,β-unsaturated/α-hetero) is 1. The number of halogens is 1. The number of rotatable bonds is 2. The van der Waals surface area contributed by atoms with E-state index in [0.717, 1.165) is 6.54 Å². The lowest BCUT2D eigenvalue weighted by Crippen LogP contribution is -2.40. The number of hydrogen-bond acceptors (Lipinski definition) is 2. The predicted molar refractivity (Wildman–Crippen MR) is 60.5 cm³/mol. The Bertz CT molecular complexity index is 391. The zero-order valence-electron chi connectivity index (χ0n) is 9.45. The second-order valence-corrected chi connectivity index (χ2v) is 4.40. The first-order chi connectivity index (χ1) is 7.66. The third kappa shape index (κ3) is 2.47. The predicted octanol–water partition coefficient (Wildman–Crippen LogP) is 2.38. The summed E-state index contributed by atoms with van der Waals surface area (Å²) >= 11 is 0. The Balaban J connectivity index is 2.05. The number of likely N-dealkylation sites (tertiary alicyclic amines) is 1. The van der Waals surface area contributed by atoms with E-state index in [-0.39, 0.29) is 11.9 Å². The summed E-state index contributed by atoms with van der Waals surface area (Å²) in [5.41, 5.74) is 0.712. The maximum absolute atomic E-state index is 13.5. The quantitative estimate of drug-likeness (QED) is 0.764. The van der Waals surface area contributed by atoms with Gasteiger partial charge in [-0.1, -0.05) is 18.2 Å². The first-order valence-corrected chi connectivity index (χ1v) is 5.66. The van der Waals surface area contributed by atoms with Gasteiger partial charge in [0.25, 0.3) is 0 Å². The van der Waals surface area contributed by atoms with Crippen molar-refractivity contribution in [1.29, 1.82) is 0 Å². The van der Waals surface area contributed by atoms with Crippen molar-refractivity contribution in [2.45, 2.75) is 32.4 Å². The summed E-state index contributed by atoms with van der Waals surface area (Å²) in [6, 6.07) is 7.05. The SMILES string of the molecule is CC1CC(=O)CCN1Cc1ccccc1F. The fourth-order valence-corrected chi connectivity index (χ4v) is 2.13. The fraction of sp³-hybridized carbons (Fsp3) is 0.462. The maximum atomic E-state index is 13.5. The van der Waals surface area contributed by atoms with Gasteiger partial charge in [-0.05, 0) is 13.0 Å². The molecule has 2 rings (SSSR count). The number of carbonyl (C=O) groups excluding carboxylic acids is 1. The van der Waals surface area contributed by atoms with Gasteiger partial charge in [0, 0.05) is 37.5 Å². The fourth-order valence-electron chi connectivity index (χ4n) is 2.13. The van der Waals surface area contributed by atoms with E-state index in [1.807, 2.05) is 13.0 Å². The Kier molecular flexibility index (Phi) is 3.34. The Morgan fingerprint density at radius 2 is 2.19 bits per heavy atom. The second-order valence-electron chi connectivity index (χ2n) is 4.40. The molecule has 16 heavy (non-hydrogen) atoms. The molecular formula is C13H16FNO. The number of nitrogens with zero attached hydrogens (tertiary/aromatic N) is 1. The topological polar surface area (TPSA) is 20.3 Å². The maximum Gasteiger partial charge on any atom is 0.135 e. The van der Waals surface area contributed by atoms with Gasteiger partial charge in [-0.3, -0.25) is 9.69 Å². The van der Waals surface area contributed by atoms with Gasteiger partial charge >= 0.3 is 0 Å². The molecular weight excluding hydrogens is 205 g/mol. The monoisotopic (exact) mass is 221 g/mol. The lowest BCUT2D eigenvalue weighted by molar-refractivity contribution is -0.123. The summed E-state index contributed by atoms with van der Waals surface area (Å²) < 4.78 is 13.5. The summed E-state index contributed by atoms with van der Waals surface area (Å²) in [5, 5.41) is 0. The van der Waals surface area contributed by atoms with Gasteiger partial charge in [-0.2, -0.15) is 0 Å². The molecule has 1 atom stereocenters. The minimum atomic E-state index is -0.161. The van der Waals surface area contributed by atoms with Gasteiger partial charge in [0.05, 0.1) is 0 Å². The van der Waals surface area contributed by atoms with Crippen molar-refractivity contribution in [1.82, 2.24) is 4.90 Å². The van der Waals surface area contributed by atoms with Gasteiger partial charge in [0.2, 0.25) is 0 Å². The summed E-state index contributed by atoms with van der Waals surface area (Å²) in [6.07, 6.45) is 1.19. The van der Waals surface area contributed by atoms with Crippen molar-refractivity contribution in [3.05, 3.63) is 35.6 Å². The molecule has 0 radical (unpaired) electrons. The summed E-state index contributed by atoms with van der Waals surface area (Å²) in [4.78, 5) is 13.4. The highest BCUT2D eigenvalue weighted by Gasteiger charge is 2.23. The van der Waals surface area contributed by atoms with E-state index in [1.165, 1.54) is 6.07 Å². The van der Waals surface area contributed by atoms with Crippen molar-refractivity contribution in [3.8, 4) is 0 Å². The van der Waals surface area contributed by atoms with Gasteiger partial charge in [-0.15, -0.1) is 0 Å². The Morgan fingerprint density at radius 3 is 2.88 bits per heavy atom. The van der Waals surface area contributed by atoms with Crippen LogP contribution in [0.25, 0.3) is 0 Å². The van der Waals surface area contributed by atoms with Crippen LogP contribution >= 0.6 is 0 Å². The third-order valence-corrected chi connectivity index (χ3v) is 3.16. The number of hydrogen-bond donors (Lipinski definition) is 0. The molecule has 1 unspecified atom stereocenters. The number of benzene rings is 1. The van der Waals surface area contributed by atoms with Crippen LogP contribution in [0.5, 0.6) is 0 Å². The average Bonchev–Trinajstić information content (AvgIpc) is 2.25. The van der Waals surface area contributed by atoms with Crippen molar-refractivity contribution < 1.29 is 9.18 Å². The molecule has 1 aliphatic heterocycles. The summed E-state index contributed by atoms with van der Waals surface area (Å²) in [5.74, 6) is 0.156. The molecule has 0 aromatic heterocycles. The molecule has 1 aliphatic rings. The van der Waals surface area contributed by atoms with E-state index in [2.05, 4.69) is 4.90 Å². The van der Waals surface area contributed by atoms with E-state index in [4.69, 9.17) is 0 Å². The normalized spacial score (nSPS) is 22.4. The van der Waals surface area contributed by atoms with E-state index in [0.29, 0.717) is 30.7 Å². The molecule has 3 heteroatoms. The molecule has 0 amide bonds. The van der Waals surface area contributed by atoms with E-state index in [1.54, 1.807) is 12.1 Å². The molecule has 0 aliphatic carbocycles. The van der Waals surface area contributed by atoms with Gasteiger partial charge in [0.15, 0.2) is 0 Å². The Labute approximate surface area is 95.1 Å². The molecule has 1 saturated heterocycles. The van der Waals surface area contributed by atoms with Crippen LogP contribution in [0, 0.1) is 5.82 Å². The van der Waals surface area contributed by atoms with E-state index in [9.17, 15) is 9.18 Å². The standard InChI is InChI=1S/C13H16FNO/c1-10-8-12(16)6-7-15(10)9-11-4-2-3-5-13(11)14/h2-5,10H,6-9H2,1H3. The largest absolute Gasteiger partial charge is 0.300 e. The summed E-state index contributed by atoms with van der Waals surface area (Å²) in [6.45, 7) is 3.37. The van der Waals surface area contributed by atoms with Crippen LogP contribution in [0.3, 0.4) is 0 Å². The lowest BCUT2D eigenvalue weighted by atomic mass is 10.0. The van der Waals surface area contributed by atoms with Crippen LogP contribution in [-0.2, 0) is 11.3 Å². The van der Waals surface area contributed by atoms with Crippen LogP contribution in [0.15, 0.2) is 24.3 Å². The van der Waals surface area contributed by atoms with Crippen LogP contribution in [-0.4, -0.2) is 23.3 Å². The summed E-state index contributed by atoms with van der Waals surface area (Å²) in [7, 11) is 0. The first-order valence-electron chi connectivity index (χ1n) is 5.66.